The third-order valence-corrected chi connectivity index (χ3v) is 6.55. The number of benzene rings is 1. The molecule has 2 unspecified atom stereocenters. The third kappa shape index (κ3) is 4.78. The number of rotatable bonds is 7. The van der Waals surface area contributed by atoms with Crippen LogP contribution in [0.25, 0.3) is 0 Å². The molecule has 138 valence electrons. The molecular formula is C20H29NO3S. The second-order valence-corrected chi connectivity index (χ2v) is 8.94. The van der Waals surface area contributed by atoms with E-state index in [1.165, 1.54) is 5.56 Å². The smallest absolute Gasteiger partial charge is 0.308 e. The first-order valence-electron chi connectivity index (χ1n) is 9.04. The number of hydrogen-bond acceptors (Lipinski definition) is 3. The Morgan fingerprint density at radius 2 is 1.68 bits per heavy atom. The summed E-state index contributed by atoms with van der Waals surface area (Å²) in [4.78, 5) is 25.7. The van der Waals surface area contributed by atoms with Crippen molar-refractivity contribution in [2.75, 3.05) is 0 Å². The van der Waals surface area contributed by atoms with E-state index in [0.717, 1.165) is 30.6 Å². The number of carbonyl (C=O) groups is 2. The molecule has 0 saturated heterocycles. The van der Waals surface area contributed by atoms with E-state index in [9.17, 15) is 14.7 Å². The summed E-state index contributed by atoms with van der Waals surface area (Å²) in [5.74, 6) is -1.48. The summed E-state index contributed by atoms with van der Waals surface area (Å²) >= 11 is 1.63. The maximum absolute atomic E-state index is 13.1. The van der Waals surface area contributed by atoms with E-state index in [1.54, 1.807) is 18.7 Å². The van der Waals surface area contributed by atoms with Gasteiger partial charge in [0.1, 0.15) is 0 Å². The van der Waals surface area contributed by atoms with Crippen LogP contribution in [0.15, 0.2) is 29.2 Å². The normalized spacial score (nSPS) is 18.8. The van der Waals surface area contributed by atoms with Crippen LogP contribution in [0.5, 0.6) is 0 Å². The molecule has 0 aliphatic heterocycles. The summed E-state index contributed by atoms with van der Waals surface area (Å²) in [6, 6.07) is 7.85. The van der Waals surface area contributed by atoms with Gasteiger partial charge in [-0.3, -0.25) is 9.59 Å². The maximum atomic E-state index is 13.1. The number of carboxylic acid groups (broad SMARTS) is 1. The lowest BCUT2D eigenvalue weighted by atomic mass is 9.89. The van der Waals surface area contributed by atoms with Crippen LogP contribution in [0.2, 0.25) is 0 Å². The summed E-state index contributed by atoms with van der Waals surface area (Å²) < 4.78 is -0.483. The van der Waals surface area contributed by atoms with E-state index >= 15 is 0 Å². The molecule has 1 fully saturated rings. The van der Waals surface area contributed by atoms with Gasteiger partial charge >= 0.3 is 5.97 Å². The van der Waals surface area contributed by atoms with E-state index in [4.69, 9.17) is 0 Å². The van der Waals surface area contributed by atoms with Crippen molar-refractivity contribution >= 4 is 23.6 Å². The number of amides is 1. The van der Waals surface area contributed by atoms with Crippen LogP contribution < -0.4 is 5.32 Å². The quantitative estimate of drug-likeness (QED) is 0.759. The monoisotopic (exact) mass is 363 g/mol. The fourth-order valence-electron chi connectivity index (χ4n) is 3.66. The van der Waals surface area contributed by atoms with Crippen molar-refractivity contribution in [1.82, 2.24) is 5.32 Å². The number of nitrogens with one attached hydrogen (secondary N) is 1. The number of aliphatic carboxylic acids is 1. The van der Waals surface area contributed by atoms with Gasteiger partial charge < -0.3 is 10.4 Å². The van der Waals surface area contributed by atoms with Crippen molar-refractivity contribution in [2.24, 2.45) is 11.8 Å². The zero-order chi connectivity index (χ0) is 18.6. The van der Waals surface area contributed by atoms with Crippen LogP contribution in [0, 0.1) is 18.8 Å². The number of carboxylic acids is 1. The molecule has 1 aromatic carbocycles. The average molecular weight is 364 g/mol. The summed E-state index contributed by atoms with van der Waals surface area (Å²) in [7, 11) is 0. The topological polar surface area (TPSA) is 66.4 Å². The molecule has 0 radical (unpaired) electrons. The molecule has 0 bridgehead atoms. The molecule has 1 aliphatic carbocycles. The van der Waals surface area contributed by atoms with Gasteiger partial charge in [0.05, 0.1) is 10.7 Å². The van der Waals surface area contributed by atoms with Crippen LogP contribution in [0.4, 0.5) is 0 Å². The highest BCUT2D eigenvalue weighted by atomic mass is 32.2. The Bertz CT molecular complexity index is 606. The highest BCUT2D eigenvalue weighted by Crippen LogP contribution is 2.45. The Labute approximate surface area is 154 Å². The summed E-state index contributed by atoms with van der Waals surface area (Å²) in [6.45, 7) is 7.61. The van der Waals surface area contributed by atoms with E-state index in [1.807, 2.05) is 20.8 Å². The van der Waals surface area contributed by atoms with Gasteiger partial charge in [0.15, 0.2) is 0 Å². The lowest BCUT2D eigenvalue weighted by Gasteiger charge is -2.31. The highest BCUT2D eigenvalue weighted by molar-refractivity contribution is 8.01. The van der Waals surface area contributed by atoms with Crippen molar-refractivity contribution in [3.63, 3.8) is 0 Å². The van der Waals surface area contributed by atoms with Crippen LogP contribution in [-0.4, -0.2) is 27.8 Å². The molecule has 1 saturated carbocycles. The minimum atomic E-state index is -0.852. The van der Waals surface area contributed by atoms with Crippen LogP contribution in [0.3, 0.4) is 0 Å². The van der Waals surface area contributed by atoms with Gasteiger partial charge in [-0.1, -0.05) is 44.4 Å². The largest absolute Gasteiger partial charge is 0.481 e. The standard InChI is InChI=1S/C20H29NO3S/c1-13(2)17(18(22)23)15(4)21-19(24)20(11-5-6-12-20)25-16-9-7-14(3)8-10-16/h7-10,13,15,17H,5-6,11-12H2,1-4H3,(H,21,24)(H,22,23). The van der Waals surface area contributed by atoms with Gasteiger partial charge in [0.2, 0.25) is 5.91 Å². The fourth-order valence-corrected chi connectivity index (χ4v) is 5.03. The van der Waals surface area contributed by atoms with Gasteiger partial charge in [-0.2, -0.15) is 0 Å². The lowest BCUT2D eigenvalue weighted by molar-refractivity contribution is -0.144. The van der Waals surface area contributed by atoms with Crippen LogP contribution in [-0.2, 0) is 9.59 Å². The maximum Gasteiger partial charge on any atom is 0.308 e. The zero-order valence-electron chi connectivity index (χ0n) is 15.5. The molecule has 1 aliphatic rings. The molecule has 1 amide bonds. The summed E-state index contributed by atoms with van der Waals surface area (Å²) in [5, 5.41) is 12.5. The van der Waals surface area contributed by atoms with Crippen molar-refractivity contribution in [2.45, 2.75) is 69.1 Å². The van der Waals surface area contributed by atoms with Gasteiger partial charge in [0.25, 0.3) is 0 Å². The summed E-state index contributed by atoms with van der Waals surface area (Å²) in [5.41, 5.74) is 1.20. The minimum absolute atomic E-state index is 0.0185. The molecule has 0 aromatic heterocycles. The molecule has 0 heterocycles. The Balaban J connectivity index is 2.14. The molecule has 2 rings (SSSR count). The molecule has 1 aromatic rings. The van der Waals surface area contributed by atoms with Gasteiger partial charge in [0, 0.05) is 10.9 Å². The first kappa shape index (κ1) is 19.8. The van der Waals surface area contributed by atoms with E-state index < -0.39 is 16.6 Å². The Morgan fingerprint density at radius 1 is 1.12 bits per heavy atom. The molecule has 2 atom stereocenters. The Morgan fingerprint density at radius 3 is 2.16 bits per heavy atom. The minimum Gasteiger partial charge on any atom is -0.481 e. The third-order valence-electron chi connectivity index (χ3n) is 5.06. The Hall–Kier alpha value is -1.49. The average Bonchev–Trinajstić information content (AvgIpc) is 2.98. The van der Waals surface area contributed by atoms with E-state index in [2.05, 4.69) is 29.6 Å². The van der Waals surface area contributed by atoms with Crippen LogP contribution >= 0.6 is 11.8 Å². The number of aryl methyl sites for hydroxylation is 1. The lowest BCUT2D eigenvalue weighted by Crippen LogP contribution is -2.50. The SMILES string of the molecule is Cc1ccc(SC2(C(=O)NC(C)C(C(=O)O)C(C)C)CCCC2)cc1. The number of thioether (sulfide) groups is 1. The molecule has 0 spiro atoms. The highest BCUT2D eigenvalue weighted by Gasteiger charge is 2.43. The van der Waals surface area contributed by atoms with E-state index in [0.29, 0.717) is 0 Å². The van der Waals surface area contributed by atoms with Gasteiger partial charge in [-0.25, -0.2) is 0 Å². The van der Waals surface area contributed by atoms with Gasteiger partial charge in [-0.15, -0.1) is 11.8 Å². The molecule has 4 nitrogen and oxygen atoms in total. The number of carbonyl (C=O) groups excluding carboxylic acids is 1. The predicted molar refractivity (Wildman–Crippen MR) is 102 cm³/mol. The fraction of sp³-hybridized carbons (Fsp3) is 0.600. The molecule has 2 N–H and O–H groups in total. The van der Waals surface area contributed by atoms with Crippen molar-refractivity contribution in [1.29, 1.82) is 0 Å². The second-order valence-electron chi connectivity index (χ2n) is 7.49. The van der Waals surface area contributed by atoms with Crippen molar-refractivity contribution in [3.05, 3.63) is 29.8 Å². The second kappa shape index (κ2) is 8.26. The van der Waals surface area contributed by atoms with Crippen molar-refractivity contribution in [3.8, 4) is 0 Å². The molecule has 25 heavy (non-hydrogen) atoms. The van der Waals surface area contributed by atoms with Crippen molar-refractivity contribution < 1.29 is 14.7 Å². The predicted octanol–water partition coefficient (Wildman–Crippen LogP) is 4.26. The van der Waals surface area contributed by atoms with Crippen LogP contribution in [0.1, 0.15) is 52.0 Å². The van der Waals surface area contributed by atoms with Gasteiger partial charge in [-0.05, 0) is 44.7 Å². The Kier molecular flexibility index (Phi) is 6.55. The summed E-state index contributed by atoms with van der Waals surface area (Å²) in [6.07, 6.45) is 3.74. The van der Waals surface area contributed by atoms with E-state index in [-0.39, 0.29) is 17.9 Å². The number of hydrogen-bond donors (Lipinski definition) is 2. The molecular weight excluding hydrogens is 334 g/mol. The molecule has 5 heteroatoms. The first-order chi connectivity index (χ1) is 11.7. The first-order valence-corrected chi connectivity index (χ1v) is 9.86. The zero-order valence-corrected chi connectivity index (χ0v) is 16.4.